The third kappa shape index (κ3) is 3.06. The number of thiazole rings is 1. The second-order valence-electron chi connectivity index (χ2n) is 5.03. The van der Waals surface area contributed by atoms with E-state index in [-0.39, 0.29) is 18.1 Å². The summed E-state index contributed by atoms with van der Waals surface area (Å²) in [6.45, 7) is 1.06. The van der Waals surface area contributed by atoms with Crippen molar-refractivity contribution in [2.24, 2.45) is 0 Å². The van der Waals surface area contributed by atoms with E-state index in [1.165, 1.54) is 46.1 Å². The number of halogens is 1. The van der Waals surface area contributed by atoms with Gasteiger partial charge in [-0.25, -0.2) is 13.8 Å². The highest BCUT2D eigenvalue weighted by Gasteiger charge is 2.18. The first-order valence-corrected chi connectivity index (χ1v) is 7.85. The molecule has 0 aliphatic rings. The van der Waals surface area contributed by atoms with Crippen LogP contribution in [0.25, 0.3) is 4.96 Å². The van der Waals surface area contributed by atoms with Gasteiger partial charge in [-0.15, -0.1) is 11.3 Å². The quantitative estimate of drug-likeness (QED) is 0.713. The lowest BCUT2D eigenvalue weighted by molar-refractivity contribution is 0.0897. The molecule has 3 rings (SSSR count). The number of rotatable bonds is 5. The minimum absolute atomic E-state index is 0.0393. The van der Waals surface area contributed by atoms with Gasteiger partial charge < -0.3 is 9.84 Å². The topological polar surface area (TPSA) is 80.9 Å². The number of hydrogen-bond donors (Lipinski definition) is 1. The Bertz CT molecular complexity index is 963. The lowest BCUT2D eigenvalue weighted by atomic mass is 10.2. The smallest absolute Gasteiger partial charge is 0.259 e. The van der Waals surface area contributed by atoms with E-state index in [9.17, 15) is 14.0 Å². The molecule has 6 nitrogen and oxygen atoms in total. The molecule has 0 spiro atoms. The fraction of sp³-hybridized carbons (Fsp3) is 0.188. The van der Waals surface area contributed by atoms with Crippen LogP contribution < -0.4 is 10.3 Å². The van der Waals surface area contributed by atoms with Crippen LogP contribution >= 0.6 is 11.3 Å². The SMILES string of the molecule is Cc1sc2nc(COc3ccc(F)cc3)cc(=O)n2c1C(=O)CO. The molecule has 1 N–H and O–H groups in total. The van der Waals surface area contributed by atoms with E-state index in [0.29, 0.717) is 21.3 Å². The molecule has 0 bridgehead atoms. The zero-order valence-electron chi connectivity index (χ0n) is 12.7. The molecule has 2 aromatic heterocycles. The molecule has 0 fully saturated rings. The van der Waals surface area contributed by atoms with Crippen molar-refractivity contribution in [2.75, 3.05) is 6.61 Å². The number of aliphatic hydroxyl groups is 1. The number of aliphatic hydroxyl groups excluding tert-OH is 1. The lowest BCUT2D eigenvalue weighted by Crippen LogP contribution is -2.21. The van der Waals surface area contributed by atoms with Crippen molar-refractivity contribution in [3.8, 4) is 5.75 Å². The minimum Gasteiger partial charge on any atom is -0.487 e. The van der Waals surface area contributed by atoms with Crippen molar-refractivity contribution in [2.45, 2.75) is 13.5 Å². The summed E-state index contributed by atoms with van der Waals surface area (Å²) in [5, 5.41) is 9.04. The van der Waals surface area contributed by atoms with Crippen LogP contribution in [-0.4, -0.2) is 26.9 Å². The summed E-state index contributed by atoms with van der Waals surface area (Å²) in [7, 11) is 0. The number of carbonyl (C=O) groups is 1. The molecule has 0 amide bonds. The zero-order valence-corrected chi connectivity index (χ0v) is 13.5. The number of aryl methyl sites for hydroxylation is 1. The first-order chi connectivity index (χ1) is 11.5. The molecule has 0 saturated carbocycles. The Balaban J connectivity index is 1.92. The summed E-state index contributed by atoms with van der Waals surface area (Å²) in [6.07, 6.45) is 0. The third-order valence-electron chi connectivity index (χ3n) is 3.35. The highest BCUT2D eigenvalue weighted by atomic mass is 32.1. The Morgan fingerprint density at radius 2 is 2.08 bits per heavy atom. The van der Waals surface area contributed by atoms with Crippen LogP contribution in [0, 0.1) is 12.7 Å². The monoisotopic (exact) mass is 348 g/mol. The molecule has 0 radical (unpaired) electrons. The second kappa shape index (κ2) is 6.50. The average molecular weight is 348 g/mol. The van der Waals surface area contributed by atoms with Gasteiger partial charge in [0, 0.05) is 10.9 Å². The maximum atomic E-state index is 12.9. The van der Waals surface area contributed by atoms with E-state index in [4.69, 9.17) is 9.84 Å². The van der Waals surface area contributed by atoms with E-state index >= 15 is 0 Å². The summed E-state index contributed by atoms with van der Waals surface area (Å²) in [6, 6.07) is 6.78. The largest absolute Gasteiger partial charge is 0.487 e. The van der Waals surface area contributed by atoms with Crippen LogP contribution in [0.4, 0.5) is 4.39 Å². The van der Waals surface area contributed by atoms with Gasteiger partial charge in [-0.1, -0.05) is 0 Å². The van der Waals surface area contributed by atoms with Crippen molar-refractivity contribution in [1.82, 2.24) is 9.38 Å². The summed E-state index contributed by atoms with van der Waals surface area (Å²) >= 11 is 1.19. The van der Waals surface area contributed by atoms with Crippen LogP contribution in [0.2, 0.25) is 0 Å². The average Bonchev–Trinajstić information content (AvgIpc) is 2.90. The van der Waals surface area contributed by atoms with Crippen LogP contribution in [0.1, 0.15) is 21.1 Å². The molecule has 0 unspecified atom stereocenters. The molecule has 1 aromatic carbocycles. The van der Waals surface area contributed by atoms with Gasteiger partial charge in [0.05, 0.1) is 5.69 Å². The first-order valence-electron chi connectivity index (χ1n) is 7.04. The zero-order chi connectivity index (χ0) is 17.3. The Morgan fingerprint density at radius 3 is 2.75 bits per heavy atom. The third-order valence-corrected chi connectivity index (χ3v) is 4.31. The van der Waals surface area contributed by atoms with Gasteiger partial charge in [0.15, 0.2) is 4.96 Å². The maximum absolute atomic E-state index is 12.9. The van der Waals surface area contributed by atoms with Gasteiger partial charge >= 0.3 is 0 Å². The summed E-state index contributed by atoms with van der Waals surface area (Å²) in [5.74, 6) is -0.440. The molecular formula is C16H13FN2O4S. The molecule has 3 aromatic rings. The number of ketones is 1. The highest BCUT2D eigenvalue weighted by Crippen LogP contribution is 2.20. The molecule has 0 aliphatic heterocycles. The van der Waals surface area contributed by atoms with Crippen LogP contribution in [0.5, 0.6) is 5.75 Å². The number of ether oxygens (including phenoxy) is 1. The maximum Gasteiger partial charge on any atom is 0.259 e. The van der Waals surface area contributed by atoms with Gasteiger partial charge in [-0.05, 0) is 31.2 Å². The predicted octanol–water partition coefficient (Wildman–Crippen LogP) is 1.96. The van der Waals surface area contributed by atoms with Crippen molar-refractivity contribution < 1.29 is 19.0 Å². The van der Waals surface area contributed by atoms with Crippen molar-refractivity contribution >= 4 is 22.1 Å². The summed E-state index contributed by atoms with van der Waals surface area (Å²) < 4.78 is 19.5. The number of fused-ring (bicyclic) bond motifs is 1. The number of nitrogens with zero attached hydrogens (tertiary/aromatic N) is 2. The standard InChI is InChI=1S/C16H13FN2O4S/c1-9-15(13(21)7-20)19-14(22)6-11(18-16(19)24-9)8-23-12-4-2-10(17)3-5-12/h2-6,20H,7-8H2,1H3. The second-order valence-corrected chi connectivity index (χ2v) is 6.22. The van der Waals surface area contributed by atoms with E-state index in [1.54, 1.807) is 6.92 Å². The van der Waals surface area contributed by atoms with Crippen molar-refractivity contribution in [3.05, 3.63) is 62.8 Å². The Kier molecular flexibility index (Phi) is 4.41. The first kappa shape index (κ1) is 16.3. The van der Waals surface area contributed by atoms with Crippen LogP contribution in [0.3, 0.4) is 0 Å². The molecule has 8 heteroatoms. The van der Waals surface area contributed by atoms with Gasteiger partial charge in [0.1, 0.15) is 30.5 Å². The predicted molar refractivity (Wildman–Crippen MR) is 86.2 cm³/mol. The summed E-state index contributed by atoms with van der Waals surface area (Å²) in [5.41, 5.74) is 0.133. The van der Waals surface area contributed by atoms with Crippen LogP contribution in [-0.2, 0) is 6.61 Å². The Labute approximate surface area is 139 Å². The fourth-order valence-electron chi connectivity index (χ4n) is 2.28. The van der Waals surface area contributed by atoms with Gasteiger partial charge in [-0.3, -0.25) is 9.59 Å². The minimum atomic E-state index is -0.672. The van der Waals surface area contributed by atoms with Crippen molar-refractivity contribution in [3.63, 3.8) is 0 Å². The van der Waals surface area contributed by atoms with Crippen LogP contribution in [0.15, 0.2) is 35.1 Å². The normalized spacial score (nSPS) is 11.0. The molecule has 0 aliphatic carbocycles. The van der Waals surface area contributed by atoms with E-state index in [2.05, 4.69) is 4.98 Å². The fourth-order valence-corrected chi connectivity index (χ4v) is 3.29. The Hall–Kier alpha value is -2.58. The number of carbonyl (C=O) groups excluding carboxylic acids is 1. The molecule has 0 saturated heterocycles. The number of aromatic nitrogens is 2. The summed E-state index contributed by atoms with van der Waals surface area (Å²) in [4.78, 5) is 29.4. The van der Waals surface area contributed by atoms with Gasteiger partial charge in [-0.2, -0.15) is 0 Å². The molecule has 124 valence electrons. The van der Waals surface area contributed by atoms with Gasteiger partial charge in [0.25, 0.3) is 5.56 Å². The molecular weight excluding hydrogens is 335 g/mol. The van der Waals surface area contributed by atoms with Gasteiger partial charge in [0.2, 0.25) is 5.78 Å². The molecule has 24 heavy (non-hydrogen) atoms. The molecule has 2 heterocycles. The Morgan fingerprint density at radius 1 is 1.38 bits per heavy atom. The number of hydrogen-bond acceptors (Lipinski definition) is 6. The van der Waals surface area contributed by atoms with E-state index in [1.807, 2.05) is 0 Å². The number of benzene rings is 1. The van der Waals surface area contributed by atoms with E-state index in [0.717, 1.165) is 0 Å². The lowest BCUT2D eigenvalue weighted by Gasteiger charge is -2.06. The van der Waals surface area contributed by atoms with Crippen molar-refractivity contribution in [1.29, 1.82) is 0 Å². The number of Topliss-reactive ketones (excluding diaryl/α,β-unsaturated/α-hetero) is 1. The molecule has 0 atom stereocenters. The highest BCUT2D eigenvalue weighted by molar-refractivity contribution is 7.17. The van der Waals surface area contributed by atoms with E-state index < -0.39 is 17.9 Å².